The summed E-state index contributed by atoms with van der Waals surface area (Å²) in [4.78, 5) is 17.1. The largest absolute Gasteiger partial charge is 0.496 e. The quantitative estimate of drug-likeness (QED) is 0.814. The van der Waals surface area contributed by atoms with Crippen molar-refractivity contribution < 1.29 is 9.53 Å². The number of rotatable bonds is 6. The van der Waals surface area contributed by atoms with Crippen LogP contribution in [0.5, 0.6) is 5.75 Å². The number of H-pyrrole nitrogens is 1. The van der Waals surface area contributed by atoms with Gasteiger partial charge in [0.2, 0.25) is 5.91 Å². The van der Waals surface area contributed by atoms with Gasteiger partial charge in [-0.3, -0.25) is 14.8 Å². The number of carbonyl (C=O) groups excluding carboxylic acids is 1. The molecule has 1 aromatic heterocycles. The van der Waals surface area contributed by atoms with Crippen molar-refractivity contribution in [3.05, 3.63) is 46.3 Å². The van der Waals surface area contributed by atoms with Gasteiger partial charge in [0.1, 0.15) is 5.75 Å². The zero-order chi connectivity index (χ0) is 20.4. The number of ether oxygens (including phenoxy) is 1. The third kappa shape index (κ3) is 4.32. The van der Waals surface area contributed by atoms with Gasteiger partial charge in [-0.05, 0) is 43.9 Å². The molecule has 1 saturated heterocycles. The Labute approximate surface area is 173 Å². The summed E-state index contributed by atoms with van der Waals surface area (Å²) in [6, 6.07) is 6.87. The minimum absolute atomic E-state index is 0.293. The molecule has 1 aliphatic carbocycles. The van der Waals surface area contributed by atoms with Crippen LogP contribution < -0.4 is 4.74 Å². The number of amides is 1. The van der Waals surface area contributed by atoms with Crippen LogP contribution in [0.1, 0.15) is 53.8 Å². The van der Waals surface area contributed by atoms with Crippen LogP contribution >= 0.6 is 0 Å². The first-order valence-corrected chi connectivity index (χ1v) is 10.7. The molecule has 4 rings (SSSR count). The third-order valence-electron chi connectivity index (χ3n) is 6.50. The summed E-state index contributed by atoms with van der Waals surface area (Å²) in [5.74, 6) is 1.19. The molecule has 1 N–H and O–H groups in total. The number of aromatic nitrogens is 2. The molecule has 156 valence electrons. The molecule has 0 bridgehead atoms. The lowest BCUT2D eigenvalue weighted by atomic mass is 10.00. The smallest absolute Gasteiger partial charge is 0.237 e. The Morgan fingerprint density at radius 3 is 2.66 bits per heavy atom. The fraction of sp³-hybridized carbons (Fsp3) is 0.565. The number of hydrogen-bond acceptors (Lipinski definition) is 4. The Balaban J connectivity index is 1.44. The van der Waals surface area contributed by atoms with Gasteiger partial charge in [-0.1, -0.05) is 25.0 Å². The van der Waals surface area contributed by atoms with Gasteiger partial charge in [0.25, 0.3) is 0 Å². The summed E-state index contributed by atoms with van der Waals surface area (Å²) >= 11 is 0. The van der Waals surface area contributed by atoms with E-state index in [1.807, 2.05) is 13.0 Å². The molecule has 2 heterocycles. The van der Waals surface area contributed by atoms with Gasteiger partial charge >= 0.3 is 0 Å². The highest BCUT2D eigenvalue weighted by Crippen LogP contribution is 2.27. The van der Waals surface area contributed by atoms with Gasteiger partial charge in [0.15, 0.2) is 0 Å². The molecule has 2 aromatic rings. The van der Waals surface area contributed by atoms with Crippen molar-refractivity contribution >= 4 is 5.91 Å². The van der Waals surface area contributed by atoms with Crippen molar-refractivity contribution in [2.45, 2.75) is 58.5 Å². The summed E-state index contributed by atoms with van der Waals surface area (Å²) in [6.45, 7) is 7.22. The number of carbonyl (C=O) groups is 1. The maximum atomic E-state index is 12.7. The van der Waals surface area contributed by atoms with Crippen molar-refractivity contribution in [1.29, 1.82) is 0 Å². The van der Waals surface area contributed by atoms with Crippen molar-refractivity contribution in [3.63, 3.8) is 0 Å². The van der Waals surface area contributed by atoms with Crippen LogP contribution in [0.2, 0.25) is 0 Å². The first-order chi connectivity index (χ1) is 14.0. The lowest BCUT2D eigenvalue weighted by molar-refractivity contribution is -0.138. The summed E-state index contributed by atoms with van der Waals surface area (Å²) < 4.78 is 5.60. The molecule has 6 nitrogen and oxygen atoms in total. The predicted molar refractivity (Wildman–Crippen MR) is 113 cm³/mol. The Kier molecular flexibility index (Phi) is 5.90. The first-order valence-electron chi connectivity index (χ1n) is 10.7. The van der Waals surface area contributed by atoms with E-state index in [0.717, 1.165) is 48.8 Å². The zero-order valence-electron chi connectivity index (χ0n) is 17.8. The van der Waals surface area contributed by atoms with E-state index < -0.39 is 0 Å². The molecule has 1 amide bonds. The summed E-state index contributed by atoms with van der Waals surface area (Å²) in [7, 11) is 1.72. The number of aromatic amines is 1. The van der Waals surface area contributed by atoms with E-state index in [2.05, 4.69) is 39.1 Å². The summed E-state index contributed by atoms with van der Waals surface area (Å²) in [5.41, 5.74) is 5.74. The van der Waals surface area contributed by atoms with Gasteiger partial charge in [0, 0.05) is 43.4 Å². The van der Waals surface area contributed by atoms with Gasteiger partial charge < -0.3 is 9.64 Å². The Morgan fingerprint density at radius 1 is 1.21 bits per heavy atom. The van der Waals surface area contributed by atoms with E-state index in [4.69, 9.17) is 4.74 Å². The van der Waals surface area contributed by atoms with E-state index in [1.165, 1.54) is 36.8 Å². The molecule has 0 unspecified atom stereocenters. The van der Waals surface area contributed by atoms with E-state index in [0.29, 0.717) is 18.5 Å². The van der Waals surface area contributed by atoms with E-state index in [1.54, 1.807) is 7.11 Å². The monoisotopic (exact) mass is 396 g/mol. The molecular weight excluding hydrogens is 364 g/mol. The maximum absolute atomic E-state index is 12.7. The normalized spacial score (nSPS) is 18.6. The summed E-state index contributed by atoms with van der Waals surface area (Å²) in [6.07, 6.45) is 5.69. The molecule has 1 saturated carbocycles. The van der Waals surface area contributed by atoms with E-state index in [-0.39, 0.29) is 0 Å². The Hall–Kier alpha value is -2.34. The van der Waals surface area contributed by atoms with Crippen LogP contribution in [-0.2, 0) is 17.8 Å². The fourth-order valence-electron chi connectivity index (χ4n) is 4.82. The van der Waals surface area contributed by atoms with Crippen molar-refractivity contribution in [2.75, 3.05) is 26.7 Å². The van der Waals surface area contributed by atoms with Crippen molar-refractivity contribution in [2.24, 2.45) is 0 Å². The van der Waals surface area contributed by atoms with E-state index >= 15 is 0 Å². The molecule has 1 aliphatic heterocycles. The van der Waals surface area contributed by atoms with Gasteiger partial charge in [-0.2, -0.15) is 5.10 Å². The van der Waals surface area contributed by atoms with Crippen LogP contribution in [-0.4, -0.2) is 58.7 Å². The van der Waals surface area contributed by atoms with Gasteiger partial charge in [-0.15, -0.1) is 0 Å². The lowest BCUT2D eigenvalue weighted by Gasteiger charge is -2.37. The van der Waals surface area contributed by atoms with E-state index in [9.17, 15) is 4.79 Å². The zero-order valence-corrected chi connectivity index (χ0v) is 17.8. The molecule has 2 aliphatic rings. The van der Waals surface area contributed by atoms with Crippen molar-refractivity contribution in [1.82, 2.24) is 20.0 Å². The fourth-order valence-corrected chi connectivity index (χ4v) is 4.82. The highest BCUT2D eigenvalue weighted by molar-refractivity contribution is 5.79. The topological polar surface area (TPSA) is 61.5 Å². The molecule has 29 heavy (non-hydrogen) atoms. The average Bonchev–Trinajstić information content (AvgIpc) is 3.34. The third-order valence-corrected chi connectivity index (χ3v) is 6.50. The van der Waals surface area contributed by atoms with Crippen LogP contribution in [0.4, 0.5) is 0 Å². The SMILES string of the molecule is COc1ccc(CN2CCN(C3CCCC3)C(=O)C2)cc1Cc1c(C)n[nH]c1C. The standard InChI is InChI=1S/C23H32N4O2/c1-16-21(17(2)25-24-16)13-19-12-18(8-9-22(19)29-3)14-26-10-11-27(23(28)15-26)20-6-4-5-7-20/h8-9,12,20H,4-7,10-11,13-15H2,1-3H3,(H,24,25). The predicted octanol–water partition coefficient (Wildman–Crippen LogP) is 3.21. The molecule has 0 radical (unpaired) electrons. The van der Waals surface area contributed by atoms with Crippen LogP contribution in [0.25, 0.3) is 0 Å². The molecular formula is C23H32N4O2. The molecule has 1 aromatic carbocycles. The van der Waals surface area contributed by atoms with Gasteiger partial charge in [-0.25, -0.2) is 0 Å². The second-order valence-corrected chi connectivity index (χ2v) is 8.47. The number of methoxy groups -OCH3 is 1. The number of aryl methyl sites for hydroxylation is 2. The highest BCUT2D eigenvalue weighted by Gasteiger charge is 2.31. The molecule has 0 atom stereocenters. The van der Waals surface area contributed by atoms with Gasteiger partial charge in [0.05, 0.1) is 19.3 Å². The first kappa shape index (κ1) is 20.0. The average molecular weight is 397 g/mol. The minimum atomic E-state index is 0.293. The summed E-state index contributed by atoms with van der Waals surface area (Å²) in [5, 5.41) is 7.38. The maximum Gasteiger partial charge on any atom is 0.237 e. The second kappa shape index (κ2) is 8.57. The number of benzene rings is 1. The Morgan fingerprint density at radius 2 is 2.00 bits per heavy atom. The lowest BCUT2D eigenvalue weighted by Crippen LogP contribution is -2.53. The van der Waals surface area contributed by atoms with Crippen molar-refractivity contribution in [3.8, 4) is 5.75 Å². The number of nitrogens with one attached hydrogen (secondary N) is 1. The highest BCUT2D eigenvalue weighted by atomic mass is 16.5. The molecule has 0 spiro atoms. The number of nitrogens with zero attached hydrogens (tertiary/aromatic N) is 3. The Bertz CT molecular complexity index is 850. The number of hydrogen-bond donors (Lipinski definition) is 1. The van der Waals surface area contributed by atoms with Crippen LogP contribution in [0.3, 0.4) is 0 Å². The second-order valence-electron chi connectivity index (χ2n) is 8.47. The van der Waals surface area contributed by atoms with Crippen LogP contribution in [0, 0.1) is 13.8 Å². The molecule has 6 heteroatoms. The molecule has 2 fully saturated rings. The van der Waals surface area contributed by atoms with Crippen LogP contribution in [0.15, 0.2) is 18.2 Å². The minimum Gasteiger partial charge on any atom is -0.496 e. The number of piperazine rings is 1.